The second kappa shape index (κ2) is 7.28. The van der Waals surface area contributed by atoms with Gasteiger partial charge in [-0.2, -0.15) is 0 Å². The van der Waals surface area contributed by atoms with E-state index in [0.717, 1.165) is 17.5 Å². The van der Waals surface area contributed by atoms with Crippen LogP contribution in [0.15, 0.2) is 24.3 Å². The molecule has 0 amide bonds. The molecule has 0 spiro atoms. The summed E-state index contributed by atoms with van der Waals surface area (Å²) in [4.78, 5) is 2.56. The van der Waals surface area contributed by atoms with Crippen molar-refractivity contribution in [2.45, 2.75) is 39.3 Å². The quantitative estimate of drug-likeness (QED) is 0.887. The lowest BCUT2D eigenvalue weighted by atomic mass is 9.91. The summed E-state index contributed by atoms with van der Waals surface area (Å²) >= 11 is 6.01. The summed E-state index contributed by atoms with van der Waals surface area (Å²) in [5.74, 6) is 0.771. The highest BCUT2D eigenvalue weighted by Crippen LogP contribution is 2.20. The number of nitrogens with zero attached hydrogens (tertiary/aromatic N) is 1. The van der Waals surface area contributed by atoms with E-state index in [1.807, 2.05) is 18.2 Å². The Morgan fingerprint density at radius 3 is 3.05 bits per heavy atom. The molecule has 3 heteroatoms. The molecule has 1 N–H and O–H groups in total. The van der Waals surface area contributed by atoms with Crippen molar-refractivity contribution in [1.29, 1.82) is 0 Å². The number of likely N-dealkylation sites (tertiary alicyclic amines) is 1. The Bertz CT molecular complexity index is 394. The van der Waals surface area contributed by atoms with Gasteiger partial charge in [-0.1, -0.05) is 30.7 Å². The Balaban J connectivity index is 1.82. The monoisotopic (exact) mass is 280 g/mol. The van der Waals surface area contributed by atoms with Crippen molar-refractivity contribution in [1.82, 2.24) is 10.2 Å². The molecule has 1 aromatic rings. The first-order chi connectivity index (χ1) is 9.19. The average molecular weight is 281 g/mol. The lowest BCUT2D eigenvalue weighted by Gasteiger charge is -2.35. The number of hydrogen-bond donors (Lipinski definition) is 1. The minimum Gasteiger partial charge on any atom is -0.310 e. The Morgan fingerprint density at radius 2 is 2.32 bits per heavy atom. The zero-order valence-corrected chi connectivity index (χ0v) is 12.8. The van der Waals surface area contributed by atoms with Gasteiger partial charge in [-0.15, -0.1) is 0 Å². The van der Waals surface area contributed by atoms with E-state index in [2.05, 4.69) is 30.1 Å². The van der Waals surface area contributed by atoms with Crippen LogP contribution in [0.25, 0.3) is 0 Å². The molecule has 2 atom stereocenters. The summed E-state index contributed by atoms with van der Waals surface area (Å²) in [5, 5.41) is 4.48. The minimum atomic E-state index is 0.563. The van der Waals surface area contributed by atoms with E-state index in [1.54, 1.807) is 0 Å². The number of rotatable bonds is 5. The number of nitrogens with one attached hydrogen (secondary N) is 1. The molecule has 1 aliphatic rings. The molecule has 0 aliphatic carbocycles. The lowest BCUT2D eigenvalue weighted by molar-refractivity contribution is 0.157. The molecule has 2 unspecified atom stereocenters. The first-order valence-electron chi connectivity index (χ1n) is 7.39. The van der Waals surface area contributed by atoms with E-state index < -0.39 is 0 Å². The van der Waals surface area contributed by atoms with E-state index in [0.29, 0.717) is 6.04 Å². The Labute approximate surface area is 122 Å². The zero-order valence-electron chi connectivity index (χ0n) is 12.0. The van der Waals surface area contributed by atoms with Crippen LogP contribution in [0.5, 0.6) is 0 Å². The van der Waals surface area contributed by atoms with Crippen molar-refractivity contribution in [2.24, 2.45) is 5.92 Å². The van der Waals surface area contributed by atoms with Crippen molar-refractivity contribution in [3.63, 3.8) is 0 Å². The van der Waals surface area contributed by atoms with E-state index >= 15 is 0 Å². The Kier molecular flexibility index (Phi) is 5.68. The Morgan fingerprint density at radius 1 is 1.47 bits per heavy atom. The first kappa shape index (κ1) is 14.8. The van der Waals surface area contributed by atoms with Crippen molar-refractivity contribution >= 4 is 11.6 Å². The number of halogens is 1. The molecule has 2 nitrogen and oxygen atoms in total. The van der Waals surface area contributed by atoms with Crippen LogP contribution in [0, 0.1) is 5.92 Å². The summed E-state index contributed by atoms with van der Waals surface area (Å²) < 4.78 is 0. The lowest BCUT2D eigenvalue weighted by Crippen LogP contribution is -2.44. The van der Waals surface area contributed by atoms with Gasteiger partial charge in [0.25, 0.3) is 0 Å². The third kappa shape index (κ3) is 4.48. The molecule has 1 aliphatic heterocycles. The van der Waals surface area contributed by atoms with Crippen molar-refractivity contribution in [3.8, 4) is 0 Å². The van der Waals surface area contributed by atoms with Gasteiger partial charge in [0.05, 0.1) is 0 Å². The van der Waals surface area contributed by atoms with Gasteiger partial charge in [0.1, 0.15) is 0 Å². The van der Waals surface area contributed by atoms with Gasteiger partial charge in [0.2, 0.25) is 0 Å². The van der Waals surface area contributed by atoms with Gasteiger partial charge in [0, 0.05) is 24.2 Å². The molecule has 2 rings (SSSR count). The van der Waals surface area contributed by atoms with E-state index in [4.69, 9.17) is 11.6 Å². The van der Waals surface area contributed by atoms with Crippen LogP contribution in [-0.4, -0.2) is 30.6 Å². The van der Waals surface area contributed by atoms with E-state index in [9.17, 15) is 0 Å². The maximum Gasteiger partial charge on any atom is 0.0409 e. The van der Waals surface area contributed by atoms with Crippen LogP contribution in [0.3, 0.4) is 0 Å². The molecule has 106 valence electrons. The summed E-state index contributed by atoms with van der Waals surface area (Å²) in [6.45, 7) is 9.16. The third-order valence-corrected chi connectivity index (χ3v) is 4.45. The predicted molar refractivity (Wildman–Crippen MR) is 82.6 cm³/mol. The summed E-state index contributed by atoms with van der Waals surface area (Å²) in [6, 6.07) is 8.68. The first-order valence-corrected chi connectivity index (χ1v) is 7.77. The molecule has 1 aromatic carbocycles. The summed E-state index contributed by atoms with van der Waals surface area (Å²) in [7, 11) is 0. The van der Waals surface area contributed by atoms with E-state index in [-0.39, 0.29) is 0 Å². The standard InChI is InChI=1S/C16H25ClN2/c1-3-19-9-5-7-15(12-19)13(2)18-11-14-6-4-8-16(17)10-14/h4,6,8,10,13,15,18H,3,5,7,9,11-12H2,1-2H3. The molecule has 0 radical (unpaired) electrons. The number of piperidine rings is 1. The predicted octanol–water partition coefficient (Wildman–Crippen LogP) is 3.55. The highest BCUT2D eigenvalue weighted by Gasteiger charge is 2.23. The van der Waals surface area contributed by atoms with Gasteiger partial charge in [-0.25, -0.2) is 0 Å². The molecule has 19 heavy (non-hydrogen) atoms. The van der Waals surface area contributed by atoms with E-state index in [1.165, 1.54) is 38.0 Å². The zero-order chi connectivity index (χ0) is 13.7. The molecular formula is C16H25ClN2. The van der Waals surface area contributed by atoms with Gasteiger partial charge in [-0.3, -0.25) is 0 Å². The van der Waals surface area contributed by atoms with Gasteiger partial charge >= 0.3 is 0 Å². The topological polar surface area (TPSA) is 15.3 Å². The maximum atomic E-state index is 6.01. The molecular weight excluding hydrogens is 256 g/mol. The highest BCUT2D eigenvalue weighted by atomic mass is 35.5. The molecule has 0 bridgehead atoms. The van der Waals surface area contributed by atoms with Crippen LogP contribution in [0.4, 0.5) is 0 Å². The largest absolute Gasteiger partial charge is 0.310 e. The fourth-order valence-electron chi connectivity index (χ4n) is 2.88. The van der Waals surface area contributed by atoms with Crippen LogP contribution < -0.4 is 5.32 Å². The van der Waals surface area contributed by atoms with Crippen LogP contribution in [0.1, 0.15) is 32.3 Å². The van der Waals surface area contributed by atoms with Gasteiger partial charge in [0.15, 0.2) is 0 Å². The minimum absolute atomic E-state index is 0.563. The fraction of sp³-hybridized carbons (Fsp3) is 0.625. The average Bonchev–Trinajstić information content (AvgIpc) is 2.45. The number of hydrogen-bond acceptors (Lipinski definition) is 2. The normalized spacial score (nSPS) is 22.4. The van der Waals surface area contributed by atoms with Gasteiger partial charge < -0.3 is 10.2 Å². The molecule has 1 saturated heterocycles. The summed E-state index contributed by atoms with van der Waals surface area (Å²) in [6.07, 6.45) is 2.68. The molecule has 1 fully saturated rings. The smallest absolute Gasteiger partial charge is 0.0409 e. The second-order valence-electron chi connectivity index (χ2n) is 5.60. The van der Waals surface area contributed by atoms with Crippen molar-refractivity contribution < 1.29 is 0 Å². The highest BCUT2D eigenvalue weighted by molar-refractivity contribution is 6.30. The molecule has 1 heterocycles. The molecule has 0 saturated carbocycles. The van der Waals surface area contributed by atoms with Crippen LogP contribution in [0.2, 0.25) is 5.02 Å². The fourth-order valence-corrected chi connectivity index (χ4v) is 3.09. The van der Waals surface area contributed by atoms with Gasteiger partial charge in [-0.05, 0) is 56.5 Å². The number of benzene rings is 1. The SMILES string of the molecule is CCN1CCCC(C(C)NCc2cccc(Cl)c2)C1. The maximum absolute atomic E-state index is 6.01. The van der Waals surface area contributed by atoms with Crippen molar-refractivity contribution in [2.75, 3.05) is 19.6 Å². The summed E-state index contributed by atoms with van der Waals surface area (Å²) in [5.41, 5.74) is 1.27. The van der Waals surface area contributed by atoms with Crippen LogP contribution in [-0.2, 0) is 6.54 Å². The van der Waals surface area contributed by atoms with Crippen LogP contribution >= 0.6 is 11.6 Å². The Hall–Kier alpha value is -0.570. The third-order valence-electron chi connectivity index (χ3n) is 4.21. The molecule has 0 aromatic heterocycles. The van der Waals surface area contributed by atoms with Crippen molar-refractivity contribution in [3.05, 3.63) is 34.9 Å². The second-order valence-corrected chi connectivity index (χ2v) is 6.03.